The van der Waals surface area contributed by atoms with Gasteiger partial charge in [0.1, 0.15) is 6.10 Å². The maximum Gasteiger partial charge on any atom is 0.122 e. The lowest BCUT2D eigenvalue weighted by molar-refractivity contribution is 0.207. The predicted octanol–water partition coefficient (Wildman–Crippen LogP) is 1.69. The maximum atomic E-state index is 10.2. The summed E-state index contributed by atoms with van der Waals surface area (Å²) >= 11 is 0. The molecular weight excluding hydrogens is 202 g/mol. The molecule has 0 aliphatic rings. The molecule has 0 saturated carbocycles. The molecule has 4 nitrogen and oxygen atoms in total. The fourth-order valence-corrected chi connectivity index (χ4v) is 1.65. The minimum Gasteiger partial charge on any atom is -0.382 e. The molecule has 0 aliphatic heterocycles. The predicted molar refractivity (Wildman–Crippen MR) is 60.9 cm³/mol. The molecule has 0 radical (unpaired) electrons. The third kappa shape index (κ3) is 1.97. The minimum absolute atomic E-state index is 0.657. The Kier molecular flexibility index (Phi) is 3.01. The number of aromatic nitrogens is 3. The Bertz CT molecular complexity index is 461. The van der Waals surface area contributed by atoms with E-state index >= 15 is 0 Å². The van der Waals surface area contributed by atoms with Crippen LogP contribution >= 0.6 is 0 Å². The topological polar surface area (TPSA) is 50.9 Å². The average Bonchev–Trinajstić information content (AvgIpc) is 2.77. The molecule has 0 fully saturated rings. The molecule has 0 bridgehead atoms. The summed E-state index contributed by atoms with van der Waals surface area (Å²) in [6.45, 7) is 4.67. The number of nitrogens with zero attached hydrogens (tertiary/aromatic N) is 3. The van der Waals surface area contributed by atoms with Crippen molar-refractivity contribution in [3.8, 4) is 0 Å². The Labute approximate surface area is 94.6 Å². The molecule has 0 saturated heterocycles. The summed E-state index contributed by atoms with van der Waals surface area (Å²) in [5, 5.41) is 14.3. The summed E-state index contributed by atoms with van der Waals surface area (Å²) < 4.78 is 1.78. The number of hydrogen-bond donors (Lipinski definition) is 1. The molecule has 0 amide bonds. The van der Waals surface area contributed by atoms with E-state index in [9.17, 15) is 5.11 Å². The quantitative estimate of drug-likeness (QED) is 0.851. The zero-order valence-corrected chi connectivity index (χ0v) is 9.46. The van der Waals surface area contributed by atoms with Gasteiger partial charge in [0, 0.05) is 30.2 Å². The van der Waals surface area contributed by atoms with Crippen LogP contribution in [0.3, 0.4) is 0 Å². The number of aryl methyl sites for hydroxylation is 2. The first-order chi connectivity index (χ1) is 7.72. The highest BCUT2D eigenvalue weighted by Gasteiger charge is 2.14. The van der Waals surface area contributed by atoms with Crippen LogP contribution in [0.5, 0.6) is 0 Å². The van der Waals surface area contributed by atoms with E-state index in [1.165, 1.54) is 0 Å². The van der Waals surface area contributed by atoms with Crippen LogP contribution < -0.4 is 0 Å². The molecule has 4 heteroatoms. The van der Waals surface area contributed by atoms with E-state index in [0.717, 1.165) is 23.5 Å². The van der Waals surface area contributed by atoms with Gasteiger partial charge in [-0.05, 0) is 26.0 Å². The van der Waals surface area contributed by atoms with E-state index in [1.807, 2.05) is 32.0 Å². The lowest BCUT2D eigenvalue weighted by atomic mass is 10.1. The van der Waals surface area contributed by atoms with Crippen LogP contribution in [0, 0.1) is 6.92 Å². The summed E-state index contributed by atoms with van der Waals surface area (Å²) in [5.41, 5.74) is 2.54. The first-order valence-electron chi connectivity index (χ1n) is 5.34. The molecule has 0 aromatic carbocycles. The molecule has 2 aromatic rings. The van der Waals surface area contributed by atoms with Gasteiger partial charge < -0.3 is 5.11 Å². The number of hydrogen-bond acceptors (Lipinski definition) is 3. The number of rotatable bonds is 3. The van der Waals surface area contributed by atoms with E-state index in [4.69, 9.17) is 0 Å². The van der Waals surface area contributed by atoms with Crippen molar-refractivity contribution in [2.75, 3.05) is 0 Å². The molecular formula is C12H15N3O. The normalized spacial score (nSPS) is 12.7. The Balaban J connectivity index is 2.31. The van der Waals surface area contributed by atoms with E-state index in [-0.39, 0.29) is 0 Å². The molecule has 2 rings (SSSR count). The zero-order chi connectivity index (χ0) is 11.5. The molecule has 84 valence electrons. The summed E-state index contributed by atoms with van der Waals surface area (Å²) in [4.78, 5) is 4.18. The van der Waals surface area contributed by atoms with Gasteiger partial charge in [0.05, 0.1) is 5.69 Å². The number of aliphatic hydroxyl groups excluding tert-OH is 1. The zero-order valence-electron chi connectivity index (χ0n) is 9.46. The van der Waals surface area contributed by atoms with Gasteiger partial charge in [-0.15, -0.1) is 0 Å². The van der Waals surface area contributed by atoms with Gasteiger partial charge in [-0.1, -0.05) is 6.07 Å². The van der Waals surface area contributed by atoms with E-state index in [1.54, 1.807) is 17.1 Å². The highest BCUT2D eigenvalue weighted by atomic mass is 16.3. The summed E-state index contributed by atoms with van der Waals surface area (Å²) in [5.74, 6) is 0. The fraction of sp³-hybridized carbons (Fsp3) is 0.333. The highest BCUT2D eigenvalue weighted by Crippen LogP contribution is 2.20. The van der Waals surface area contributed by atoms with Crippen LogP contribution in [-0.4, -0.2) is 19.9 Å². The van der Waals surface area contributed by atoms with Crippen LogP contribution in [0.1, 0.15) is 30.0 Å². The second-order valence-corrected chi connectivity index (χ2v) is 3.71. The second kappa shape index (κ2) is 4.45. The molecule has 1 N–H and O–H groups in total. The maximum absolute atomic E-state index is 10.2. The van der Waals surface area contributed by atoms with Gasteiger partial charge in [0.25, 0.3) is 0 Å². The van der Waals surface area contributed by atoms with Crippen molar-refractivity contribution in [1.29, 1.82) is 0 Å². The smallest absolute Gasteiger partial charge is 0.122 e. The largest absolute Gasteiger partial charge is 0.382 e. The molecule has 2 heterocycles. The van der Waals surface area contributed by atoms with Crippen molar-refractivity contribution >= 4 is 0 Å². The van der Waals surface area contributed by atoms with Gasteiger partial charge in [0.15, 0.2) is 0 Å². The number of pyridine rings is 1. The van der Waals surface area contributed by atoms with Crippen LogP contribution in [0.25, 0.3) is 0 Å². The van der Waals surface area contributed by atoms with Crippen LogP contribution in [0.15, 0.2) is 30.6 Å². The van der Waals surface area contributed by atoms with Crippen molar-refractivity contribution in [3.05, 3.63) is 47.5 Å². The van der Waals surface area contributed by atoms with Gasteiger partial charge in [0.2, 0.25) is 0 Å². The SMILES string of the molecule is CCn1nccc1C(O)c1ccc(C)nc1. The first-order valence-corrected chi connectivity index (χ1v) is 5.34. The van der Waals surface area contributed by atoms with Crippen LogP contribution in [0.4, 0.5) is 0 Å². The van der Waals surface area contributed by atoms with Gasteiger partial charge in [-0.2, -0.15) is 5.10 Å². The molecule has 2 aromatic heterocycles. The first kappa shape index (κ1) is 10.8. The van der Waals surface area contributed by atoms with E-state index < -0.39 is 6.10 Å². The van der Waals surface area contributed by atoms with Crippen molar-refractivity contribution in [3.63, 3.8) is 0 Å². The fourth-order valence-electron chi connectivity index (χ4n) is 1.65. The third-order valence-corrected chi connectivity index (χ3v) is 2.58. The Morgan fingerprint density at radius 3 is 2.81 bits per heavy atom. The summed E-state index contributed by atoms with van der Waals surface area (Å²) in [6, 6.07) is 5.61. The lowest BCUT2D eigenvalue weighted by Crippen LogP contribution is -2.09. The van der Waals surface area contributed by atoms with Crippen molar-refractivity contribution in [2.45, 2.75) is 26.5 Å². The lowest BCUT2D eigenvalue weighted by Gasteiger charge is -2.12. The standard InChI is InChI=1S/C12H15N3O/c1-3-15-11(6-7-14-15)12(16)10-5-4-9(2)13-8-10/h4-8,12,16H,3H2,1-2H3. The molecule has 0 aliphatic carbocycles. The molecule has 1 unspecified atom stereocenters. The second-order valence-electron chi connectivity index (χ2n) is 3.71. The van der Waals surface area contributed by atoms with Crippen molar-refractivity contribution < 1.29 is 5.11 Å². The minimum atomic E-state index is -0.657. The number of aliphatic hydroxyl groups is 1. The van der Waals surface area contributed by atoms with Crippen LogP contribution in [-0.2, 0) is 6.54 Å². The summed E-state index contributed by atoms with van der Waals surface area (Å²) in [7, 11) is 0. The monoisotopic (exact) mass is 217 g/mol. The average molecular weight is 217 g/mol. The van der Waals surface area contributed by atoms with Crippen molar-refractivity contribution in [2.24, 2.45) is 0 Å². The van der Waals surface area contributed by atoms with Gasteiger partial charge in [-0.3, -0.25) is 9.67 Å². The molecule has 16 heavy (non-hydrogen) atoms. The Hall–Kier alpha value is -1.68. The van der Waals surface area contributed by atoms with Gasteiger partial charge >= 0.3 is 0 Å². The molecule has 1 atom stereocenters. The van der Waals surface area contributed by atoms with E-state index in [0.29, 0.717) is 0 Å². The van der Waals surface area contributed by atoms with E-state index in [2.05, 4.69) is 10.1 Å². The Morgan fingerprint density at radius 1 is 1.38 bits per heavy atom. The summed E-state index contributed by atoms with van der Waals surface area (Å²) in [6.07, 6.45) is 2.74. The van der Waals surface area contributed by atoms with Crippen LogP contribution in [0.2, 0.25) is 0 Å². The van der Waals surface area contributed by atoms with Gasteiger partial charge in [-0.25, -0.2) is 0 Å². The highest BCUT2D eigenvalue weighted by molar-refractivity contribution is 5.23. The molecule has 0 spiro atoms. The van der Waals surface area contributed by atoms with Crippen molar-refractivity contribution in [1.82, 2.24) is 14.8 Å². The third-order valence-electron chi connectivity index (χ3n) is 2.58. The Morgan fingerprint density at radius 2 is 2.19 bits per heavy atom.